The average Bonchev–Trinajstić information content (AvgIpc) is 3.11. The molecule has 1 aromatic heterocycles. The fraction of sp³-hybridized carbons (Fsp3) is 0.250. The Hall–Kier alpha value is -3.13. The number of amides is 1. The summed E-state index contributed by atoms with van der Waals surface area (Å²) >= 11 is 5.98. The van der Waals surface area contributed by atoms with Gasteiger partial charge in [-0.15, -0.1) is 0 Å². The third-order valence-corrected chi connectivity index (χ3v) is 5.99. The Morgan fingerprint density at radius 3 is 2.34 bits per heavy atom. The zero-order valence-electron chi connectivity index (χ0n) is 17.2. The summed E-state index contributed by atoms with van der Waals surface area (Å²) in [7, 11) is 0. The molecular formula is C24H24ClN3O4. The van der Waals surface area contributed by atoms with Gasteiger partial charge in [-0.2, -0.15) is 0 Å². The van der Waals surface area contributed by atoms with Crippen molar-refractivity contribution < 1.29 is 19.7 Å². The van der Waals surface area contributed by atoms with Crippen molar-refractivity contribution in [1.82, 2.24) is 10.3 Å². The zero-order chi connectivity index (χ0) is 22.7. The maximum Gasteiger partial charge on any atom is 0.407 e. The second-order valence-corrected chi connectivity index (χ2v) is 8.02. The number of carbonyl (C=O) groups excluding carboxylic acids is 1. The summed E-state index contributed by atoms with van der Waals surface area (Å²) in [5.41, 5.74) is 10.8. The largest absolute Gasteiger partial charge is 0.449 e. The average molecular weight is 454 g/mol. The molecule has 0 saturated carbocycles. The molecule has 0 fully saturated rings. The van der Waals surface area contributed by atoms with Gasteiger partial charge in [0.05, 0.1) is 6.10 Å². The summed E-state index contributed by atoms with van der Waals surface area (Å²) in [6.07, 6.45) is -1.60. The van der Waals surface area contributed by atoms with E-state index in [1.165, 1.54) is 12.3 Å². The first-order valence-electron chi connectivity index (χ1n) is 10.3. The van der Waals surface area contributed by atoms with E-state index in [1.54, 1.807) is 0 Å². The van der Waals surface area contributed by atoms with E-state index in [9.17, 15) is 15.0 Å². The summed E-state index contributed by atoms with van der Waals surface area (Å²) in [4.78, 5) is 16.1. The number of anilines is 1. The standard InChI is InChI=1S/C24H24ClN3O4/c25-23-21(19(26)9-11-27-23)22(30)20(29)10-12-28-24(31)32-13-18-16-7-3-1-5-14(16)15-6-2-4-8-17(15)18/h1-9,11,18,20,22,29-30H,10,12-13H2,(H2,26,27)(H,28,31). The summed E-state index contributed by atoms with van der Waals surface area (Å²) in [5, 5.41) is 23.3. The van der Waals surface area contributed by atoms with Gasteiger partial charge >= 0.3 is 6.09 Å². The van der Waals surface area contributed by atoms with Crippen molar-refractivity contribution in [3.8, 4) is 11.1 Å². The highest BCUT2D eigenvalue weighted by Crippen LogP contribution is 2.44. The summed E-state index contributed by atoms with van der Waals surface area (Å²) in [6.45, 7) is 0.305. The highest BCUT2D eigenvalue weighted by molar-refractivity contribution is 6.30. The second kappa shape index (κ2) is 9.56. The van der Waals surface area contributed by atoms with Crippen LogP contribution in [0.2, 0.25) is 5.15 Å². The molecule has 0 aliphatic heterocycles. The molecule has 1 aliphatic rings. The van der Waals surface area contributed by atoms with Crippen LogP contribution in [0.1, 0.15) is 35.1 Å². The Bertz CT molecular complexity index is 1060. The number of hydrogen-bond donors (Lipinski definition) is 4. The quantitative estimate of drug-likeness (QED) is 0.406. The minimum Gasteiger partial charge on any atom is -0.449 e. The third kappa shape index (κ3) is 4.41. The van der Waals surface area contributed by atoms with Gasteiger partial charge in [0.25, 0.3) is 0 Å². The Labute approximate surface area is 190 Å². The molecule has 0 bridgehead atoms. The van der Waals surface area contributed by atoms with E-state index in [2.05, 4.69) is 22.4 Å². The summed E-state index contributed by atoms with van der Waals surface area (Å²) < 4.78 is 5.46. The van der Waals surface area contributed by atoms with Gasteiger partial charge < -0.3 is 26.0 Å². The molecule has 32 heavy (non-hydrogen) atoms. The number of carbonyl (C=O) groups is 1. The van der Waals surface area contributed by atoms with Gasteiger partial charge in [-0.3, -0.25) is 0 Å². The highest BCUT2D eigenvalue weighted by Gasteiger charge is 2.29. The fourth-order valence-electron chi connectivity index (χ4n) is 4.08. The zero-order valence-corrected chi connectivity index (χ0v) is 18.0. The van der Waals surface area contributed by atoms with Crippen molar-refractivity contribution in [3.05, 3.63) is 82.6 Å². The van der Waals surface area contributed by atoms with Gasteiger partial charge in [0.2, 0.25) is 0 Å². The molecule has 1 aliphatic carbocycles. The number of pyridine rings is 1. The van der Waals surface area contributed by atoms with E-state index in [0.29, 0.717) is 0 Å². The van der Waals surface area contributed by atoms with Gasteiger partial charge in [-0.25, -0.2) is 9.78 Å². The Morgan fingerprint density at radius 1 is 1.09 bits per heavy atom. The number of aliphatic hydroxyl groups excluding tert-OH is 2. The number of benzene rings is 2. The van der Waals surface area contributed by atoms with Crippen molar-refractivity contribution in [3.63, 3.8) is 0 Å². The van der Waals surface area contributed by atoms with Crippen molar-refractivity contribution >= 4 is 23.4 Å². The monoisotopic (exact) mass is 453 g/mol. The van der Waals surface area contributed by atoms with Crippen LogP contribution in [0.15, 0.2) is 60.8 Å². The first-order valence-corrected chi connectivity index (χ1v) is 10.7. The first-order chi connectivity index (χ1) is 15.5. The van der Waals surface area contributed by atoms with E-state index in [1.807, 2.05) is 36.4 Å². The normalized spacial score (nSPS) is 14.3. The number of hydrogen-bond acceptors (Lipinski definition) is 6. The number of halogens is 1. The SMILES string of the molecule is Nc1ccnc(Cl)c1C(O)C(O)CCNC(=O)OCC1c2ccccc2-c2ccccc21. The lowest BCUT2D eigenvalue weighted by molar-refractivity contribution is 0.0139. The molecule has 1 amide bonds. The number of rotatable bonds is 7. The minimum atomic E-state index is -1.32. The Kier molecular flexibility index (Phi) is 6.60. The number of aliphatic hydroxyl groups is 2. The van der Waals surface area contributed by atoms with Gasteiger partial charge in [0.1, 0.15) is 17.9 Å². The van der Waals surface area contributed by atoms with Crippen LogP contribution in [0.3, 0.4) is 0 Å². The highest BCUT2D eigenvalue weighted by atomic mass is 35.5. The van der Waals surface area contributed by atoms with Crippen molar-refractivity contribution in [2.75, 3.05) is 18.9 Å². The lowest BCUT2D eigenvalue weighted by atomic mass is 9.98. The topological polar surface area (TPSA) is 118 Å². The van der Waals surface area contributed by atoms with E-state index < -0.39 is 18.3 Å². The lowest BCUT2D eigenvalue weighted by Crippen LogP contribution is -2.31. The van der Waals surface area contributed by atoms with E-state index >= 15 is 0 Å². The number of ether oxygens (including phenoxy) is 1. The molecule has 5 N–H and O–H groups in total. The fourth-order valence-corrected chi connectivity index (χ4v) is 4.35. The molecule has 8 heteroatoms. The number of aromatic nitrogens is 1. The van der Waals surface area contributed by atoms with Gasteiger partial charge in [0.15, 0.2) is 0 Å². The Morgan fingerprint density at radius 2 is 1.72 bits per heavy atom. The van der Waals surface area contributed by atoms with Gasteiger partial charge in [0, 0.05) is 29.9 Å². The smallest absolute Gasteiger partial charge is 0.407 e. The molecule has 1 heterocycles. The molecule has 0 spiro atoms. The molecular weight excluding hydrogens is 430 g/mol. The van der Waals surface area contributed by atoms with Crippen molar-refractivity contribution in [2.24, 2.45) is 0 Å². The van der Waals surface area contributed by atoms with Crippen LogP contribution in [-0.2, 0) is 4.74 Å². The molecule has 2 atom stereocenters. The third-order valence-electron chi connectivity index (χ3n) is 5.69. The van der Waals surface area contributed by atoms with Crippen LogP contribution in [0, 0.1) is 0 Å². The van der Waals surface area contributed by atoms with E-state index in [4.69, 9.17) is 22.1 Å². The van der Waals surface area contributed by atoms with Crippen LogP contribution in [-0.4, -0.2) is 40.5 Å². The predicted molar refractivity (Wildman–Crippen MR) is 122 cm³/mol. The van der Waals surface area contributed by atoms with Gasteiger partial charge in [-0.05, 0) is 34.7 Å². The Balaban J connectivity index is 1.30. The molecule has 4 rings (SSSR count). The maximum absolute atomic E-state index is 12.2. The number of alkyl carbamates (subject to hydrolysis) is 1. The molecule has 7 nitrogen and oxygen atoms in total. The number of nitrogen functional groups attached to an aromatic ring is 1. The molecule has 0 saturated heterocycles. The van der Waals surface area contributed by atoms with Gasteiger partial charge in [-0.1, -0.05) is 60.1 Å². The van der Waals surface area contributed by atoms with E-state index in [0.717, 1.165) is 22.3 Å². The molecule has 0 radical (unpaired) electrons. The van der Waals surface area contributed by atoms with Crippen LogP contribution < -0.4 is 11.1 Å². The molecule has 2 aromatic carbocycles. The van der Waals surface area contributed by atoms with Crippen molar-refractivity contribution in [2.45, 2.75) is 24.5 Å². The van der Waals surface area contributed by atoms with Crippen LogP contribution in [0.25, 0.3) is 11.1 Å². The van der Waals surface area contributed by atoms with Crippen molar-refractivity contribution in [1.29, 1.82) is 0 Å². The molecule has 166 valence electrons. The van der Waals surface area contributed by atoms with Crippen LogP contribution in [0.5, 0.6) is 0 Å². The van der Waals surface area contributed by atoms with E-state index in [-0.39, 0.29) is 41.9 Å². The molecule has 3 aromatic rings. The number of fused-ring (bicyclic) bond motifs is 3. The van der Waals surface area contributed by atoms with Crippen LogP contribution in [0.4, 0.5) is 10.5 Å². The maximum atomic E-state index is 12.2. The summed E-state index contributed by atoms with van der Waals surface area (Å²) in [5.74, 6) is -0.0312. The number of nitrogens with one attached hydrogen (secondary N) is 1. The predicted octanol–water partition coefficient (Wildman–Crippen LogP) is 3.64. The van der Waals surface area contributed by atoms with Crippen LogP contribution >= 0.6 is 11.6 Å². The molecule has 2 unspecified atom stereocenters. The second-order valence-electron chi connectivity index (χ2n) is 7.66. The lowest BCUT2D eigenvalue weighted by Gasteiger charge is -2.20. The summed E-state index contributed by atoms with van der Waals surface area (Å²) in [6, 6.07) is 17.7. The first kappa shape index (κ1) is 22.1. The number of nitrogens with zero attached hydrogens (tertiary/aromatic N) is 1. The number of nitrogens with two attached hydrogens (primary N) is 1. The minimum absolute atomic E-state index is 0.0287.